The Morgan fingerprint density at radius 2 is 1.79 bits per heavy atom. The zero-order valence-electron chi connectivity index (χ0n) is 11.5. The molecule has 2 aromatic heterocycles. The molecule has 0 fully saturated rings. The Bertz CT molecular complexity index is 712. The number of nitrogens with one attached hydrogen (secondary N) is 1. The number of imidazole rings is 1. The van der Waals surface area contributed by atoms with Gasteiger partial charge in [0, 0.05) is 14.1 Å². The Morgan fingerprint density at radius 3 is 2.37 bits per heavy atom. The van der Waals surface area contributed by atoms with Crippen molar-refractivity contribution in [3.8, 4) is 0 Å². The lowest BCUT2D eigenvalue weighted by atomic mass is 10.5. The van der Waals surface area contributed by atoms with Gasteiger partial charge >= 0.3 is 0 Å². The molecule has 0 bridgehead atoms. The Kier molecular flexibility index (Phi) is 3.16. The van der Waals surface area contributed by atoms with Gasteiger partial charge in [-0.05, 0) is 0 Å². The predicted octanol–water partition coefficient (Wildman–Crippen LogP) is -1.76. The SMILES string of the molecule is CN(C)C=c1[nH]c2nc(N)nc(N)c2[n+]1=CN(C)C. The molecule has 0 saturated heterocycles. The first-order chi connectivity index (χ1) is 8.88. The molecule has 0 radical (unpaired) electrons. The summed E-state index contributed by atoms with van der Waals surface area (Å²) in [6.07, 6.45) is 3.82. The summed E-state index contributed by atoms with van der Waals surface area (Å²) in [6, 6.07) is 0. The Hall–Kier alpha value is -2.51. The molecule has 102 valence electrons. The van der Waals surface area contributed by atoms with Gasteiger partial charge in [0.05, 0.1) is 20.3 Å². The van der Waals surface area contributed by atoms with Gasteiger partial charge in [0.2, 0.25) is 22.6 Å². The normalized spacial score (nSPS) is 13.3. The number of nitrogen functional groups attached to an aromatic ring is 2. The maximum atomic E-state index is 5.94. The first-order valence-electron chi connectivity index (χ1n) is 5.77. The van der Waals surface area contributed by atoms with Crippen LogP contribution in [0.3, 0.4) is 0 Å². The third kappa shape index (κ3) is 2.51. The lowest BCUT2D eigenvalue weighted by Gasteiger charge is -2.01. The molecular formula is C11H19N8+. The van der Waals surface area contributed by atoms with Crippen LogP contribution in [0.2, 0.25) is 0 Å². The van der Waals surface area contributed by atoms with Crippen LogP contribution in [0.25, 0.3) is 17.4 Å². The second kappa shape index (κ2) is 4.63. The third-order valence-electron chi connectivity index (χ3n) is 2.40. The van der Waals surface area contributed by atoms with E-state index in [0.717, 1.165) is 5.48 Å². The number of aromatic amines is 1. The van der Waals surface area contributed by atoms with E-state index in [2.05, 4.69) is 15.0 Å². The Balaban J connectivity index is 2.95. The summed E-state index contributed by atoms with van der Waals surface area (Å²) in [5, 5.41) is 0. The van der Waals surface area contributed by atoms with Crippen LogP contribution in [0, 0.1) is 6.34 Å². The minimum atomic E-state index is 0.152. The van der Waals surface area contributed by atoms with Gasteiger partial charge in [0.25, 0.3) is 0 Å². The minimum Gasteiger partial charge on any atom is -0.380 e. The molecule has 8 heteroatoms. The number of aromatic nitrogens is 4. The molecule has 0 saturated carbocycles. The van der Waals surface area contributed by atoms with Gasteiger partial charge in [0.1, 0.15) is 0 Å². The van der Waals surface area contributed by atoms with Gasteiger partial charge in [-0.3, -0.25) is 4.98 Å². The first-order valence-corrected chi connectivity index (χ1v) is 5.77. The number of nitrogens with two attached hydrogens (primary N) is 2. The van der Waals surface area contributed by atoms with E-state index in [0.29, 0.717) is 17.0 Å². The van der Waals surface area contributed by atoms with E-state index >= 15 is 0 Å². The van der Waals surface area contributed by atoms with Gasteiger partial charge in [-0.2, -0.15) is 14.2 Å². The standard InChI is InChI=1S/C11H19N8/c1-17(2)5-7-14-10-8(19(7)6-18(3)4)9(12)15-11(13)16-10/h5-6H,1-4H3,(H5,12,13,14,15,16)/q+1. The van der Waals surface area contributed by atoms with Crippen LogP contribution in [0.5, 0.6) is 0 Å². The maximum Gasteiger partial charge on any atom is 0.248 e. The number of hydrogen-bond acceptors (Lipinski definition) is 6. The fraction of sp³-hybridized carbons (Fsp3) is 0.364. The summed E-state index contributed by atoms with van der Waals surface area (Å²) in [5.74, 6) is 0.495. The molecule has 0 aliphatic rings. The number of fused-ring (bicyclic) bond motifs is 1. The van der Waals surface area contributed by atoms with Crippen molar-refractivity contribution in [2.75, 3.05) is 39.7 Å². The first kappa shape index (κ1) is 12.9. The average molecular weight is 263 g/mol. The fourth-order valence-electron chi connectivity index (χ4n) is 1.81. The van der Waals surface area contributed by atoms with Gasteiger partial charge in [-0.25, -0.2) is 0 Å². The van der Waals surface area contributed by atoms with E-state index in [-0.39, 0.29) is 5.95 Å². The van der Waals surface area contributed by atoms with Gasteiger partial charge < -0.3 is 21.3 Å². The summed E-state index contributed by atoms with van der Waals surface area (Å²) in [7, 11) is 7.74. The summed E-state index contributed by atoms with van der Waals surface area (Å²) in [4.78, 5) is 15.2. The third-order valence-corrected chi connectivity index (χ3v) is 2.40. The molecule has 5 N–H and O–H groups in total. The topological polar surface area (TPSA) is 106 Å². The van der Waals surface area contributed by atoms with Crippen LogP contribution in [0.15, 0.2) is 0 Å². The molecule has 0 aromatic carbocycles. The second-order valence-electron chi connectivity index (χ2n) is 4.72. The number of hydrogen-bond donors (Lipinski definition) is 3. The molecule has 0 unspecified atom stereocenters. The minimum absolute atomic E-state index is 0.152. The number of anilines is 2. The van der Waals surface area contributed by atoms with Crippen molar-refractivity contribution in [3.63, 3.8) is 0 Å². The highest BCUT2D eigenvalue weighted by atomic mass is 15.2. The van der Waals surface area contributed by atoms with Crippen LogP contribution in [-0.4, -0.2) is 52.9 Å². The molecule has 0 aliphatic heterocycles. The summed E-state index contributed by atoms with van der Waals surface area (Å²) in [5.41, 5.74) is 13.7. The molecule has 0 spiro atoms. The average Bonchev–Trinajstić information content (AvgIpc) is 2.54. The molecule has 2 aromatic rings. The number of H-pyrrole nitrogens is 1. The summed E-state index contributed by atoms with van der Waals surface area (Å²) in [6.45, 7) is 0. The fourth-order valence-corrected chi connectivity index (χ4v) is 1.81. The molecule has 0 amide bonds. The van der Waals surface area contributed by atoms with Crippen molar-refractivity contribution in [2.45, 2.75) is 0 Å². The van der Waals surface area contributed by atoms with Crippen molar-refractivity contribution < 1.29 is 4.24 Å². The largest absolute Gasteiger partial charge is 0.380 e. The van der Waals surface area contributed by atoms with Crippen molar-refractivity contribution in [1.82, 2.24) is 24.8 Å². The van der Waals surface area contributed by atoms with Gasteiger partial charge in [0.15, 0.2) is 12.2 Å². The predicted molar refractivity (Wildman–Crippen MR) is 74.1 cm³/mol. The molecule has 19 heavy (non-hydrogen) atoms. The van der Waals surface area contributed by atoms with Crippen molar-refractivity contribution in [2.24, 2.45) is 0 Å². The van der Waals surface area contributed by atoms with Crippen LogP contribution in [-0.2, 0) is 0 Å². The van der Waals surface area contributed by atoms with Crippen molar-refractivity contribution >= 4 is 29.1 Å². The number of nitrogens with zero attached hydrogens (tertiary/aromatic N) is 5. The van der Waals surface area contributed by atoms with Crippen LogP contribution >= 0.6 is 0 Å². The van der Waals surface area contributed by atoms with E-state index in [4.69, 9.17) is 11.5 Å². The Morgan fingerprint density at radius 1 is 1.11 bits per heavy atom. The molecular weight excluding hydrogens is 244 g/mol. The van der Waals surface area contributed by atoms with E-state index in [1.165, 1.54) is 0 Å². The van der Waals surface area contributed by atoms with Crippen molar-refractivity contribution in [1.29, 1.82) is 0 Å². The highest BCUT2D eigenvalue weighted by Gasteiger charge is 2.13. The Labute approximate surface area is 110 Å². The van der Waals surface area contributed by atoms with Crippen molar-refractivity contribution in [3.05, 3.63) is 11.8 Å². The van der Waals surface area contributed by atoms with Crippen LogP contribution in [0.1, 0.15) is 0 Å². The zero-order valence-corrected chi connectivity index (χ0v) is 11.5. The number of rotatable bonds is 2. The smallest absolute Gasteiger partial charge is 0.248 e. The molecule has 0 aliphatic carbocycles. The molecule has 2 heterocycles. The monoisotopic (exact) mass is 263 g/mol. The molecule has 2 rings (SSSR count). The van der Waals surface area contributed by atoms with E-state index in [1.807, 2.05) is 54.8 Å². The van der Waals surface area contributed by atoms with E-state index in [1.54, 1.807) is 0 Å². The van der Waals surface area contributed by atoms with E-state index < -0.39 is 0 Å². The van der Waals surface area contributed by atoms with Crippen LogP contribution in [0.4, 0.5) is 11.8 Å². The van der Waals surface area contributed by atoms with Crippen LogP contribution < -0.4 is 21.2 Å². The van der Waals surface area contributed by atoms with E-state index in [9.17, 15) is 0 Å². The highest BCUT2D eigenvalue weighted by Crippen LogP contribution is 2.10. The zero-order chi connectivity index (χ0) is 14.2. The summed E-state index contributed by atoms with van der Waals surface area (Å²) >= 11 is 0. The lowest BCUT2D eigenvalue weighted by molar-refractivity contribution is -0.505. The molecule has 8 nitrogen and oxygen atoms in total. The second-order valence-corrected chi connectivity index (χ2v) is 4.72. The quantitative estimate of drug-likeness (QED) is 0.554. The highest BCUT2D eigenvalue weighted by molar-refractivity contribution is 5.78. The van der Waals surface area contributed by atoms with Gasteiger partial charge in [-0.15, -0.1) is 0 Å². The maximum absolute atomic E-state index is 5.94. The van der Waals surface area contributed by atoms with Gasteiger partial charge in [-0.1, -0.05) is 0 Å². The lowest BCUT2D eigenvalue weighted by Crippen LogP contribution is -2.40. The summed E-state index contributed by atoms with van der Waals surface area (Å²) < 4.78 is 1.89. The molecule has 0 atom stereocenters.